The van der Waals surface area contributed by atoms with Gasteiger partial charge >= 0.3 is 6.18 Å². The van der Waals surface area contributed by atoms with Gasteiger partial charge in [-0.3, -0.25) is 9.78 Å². The molecule has 30 heavy (non-hydrogen) atoms. The van der Waals surface area contributed by atoms with E-state index in [2.05, 4.69) is 10.3 Å². The third-order valence-electron chi connectivity index (χ3n) is 5.71. The molecule has 0 saturated heterocycles. The summed E-state index contributed by atoms with van der Waals surface area (Å²) in [5.41, 5.74) is -2.15. The summed E-state index contributed by atoms with van der Waals surface area (Å²) < 4.78 is 45.7. The maximum atomic E-state index is 13.3. The molecule has 2 aromatic rings. The first kappa shape index (κ1) is 21.6. The van der Waals surface area contributed by atoms with Crippen molar-refractivity contribution < 1.29 is 22.7 Å². The molecule has 1 aromatic heterocycles. The first-order chi connectivity index (χ1) is 13.9. The predicted octanol–water partition coefficient (Wildman–Crippen LogP) is 4.58. The molecule has 0 atom stereocenters. The van der Waals surface area contributed by atoms with E-state index in [4.69, 9.17) is 10.00 Å². The van der Waals surface area contributed by atoms with Crippen molar-refractivity contribution in [3.05, 3.63) is 59.4 Å². The van der Waals surface area contributed by atoms with Gasteiger partial charge in [0.2, 0.25) is 0 Å². The Morgan fingerprint density at radius 1 is 1.20 bits per heavy atom. The number of carbonyl (C=O) groups is 1. The molecule has 1 saturated carbocycles. The van der Waals surface area contributed by atoms with Crippen LogP contribution >= 0.6 is 0 Å². The monoisotopic (exact) mass is 417 g/mol. The normalized spacial score (nSPS) is 21.8. The van der Waals surface area contributed by atoms with E-state index in [1.54, 1.807) is 24.4 Å². The molecule has 1 fully saturated rings. The second-order valence-corrected chi connectivity index (χ2v) is 8.61. The Morgan fingerprint density at radius 2 is 1.87 bits per heavy atom. The van der Waals surface area contributed by atoms with Crippen LogP contribution in [0.3, 0.4) is 0 Å². The summed E-state index contributed by atoms with van der Waals surface area (Å²) in [5.74, 6) is -0.241. The standard InChI is InChI=1S/C22H22F3N3O2/c1-20(2)18(28-17(29)14-6-5-9-27-12-14)21(3,4)19(20)30-15-8-7-13(11-26)16(10-15)22(23,24)25/h5-10,12,18-19H,1-4H3,(H,28,29)/t18-,19-. The zero-order chi connectivity index (χ0) is 22.3. The number of nitrogens with zero attached hydrogens (tertiary/aromatic N) is 2. The van der Waals surface area contributed by atoms with Crippen molar-refractivity contribution in [1.29, 1.82) is 5.26 Å². The molecule has 0 aliphatic heterocycles. The average Bonchev–Trinajstić information content (AvgIpc) is 2.69. The van der Waals surface area contributed by atoms with E-state index in [0.29, 0.717) is 5.56 Å². The summed E-state index contributed by atoms with van der Waals surface area (Å²) in [6.45, 7) is 7.58. The minimum absolute atomic E-state index is 0.0320. The van der Waals surface area contributed by atoms with Crippen LogP contribution in [0.2, 0.25) is 0 Å². The Bertz CT molecular complexity index is 979. The van der Waals surface area contributed by atoms with Crippen molar-refractivity contribution in [3.63, 3.8) is 0 Å². The summed E-state index contributed by atoms with van der Waals surface area (Å²) in [6, 6.07) is 7.93. The summed E-state index contributed by atoms with van der Waals surface area (Å²) >= 11 is 0. The molecule has 5 nitrogen and oxygen atoms in total. The largest absolute Gasteiger partial charge is 0.489 e. The first-order valence-electron chi connectivity index (χ1n) is 9.38. The maximum absolute atomic E-state index is 13.3. The van der Waals surface area contributed by atoms with Crippen LogP contribution in [0.25, 0.3) is 0 Å². The third-order valence-corrected chi connectivity index (χ3v) is 5.71. The predicted molar refractivity (Wildman–Crippen MR) is 104 cm³/mol. The van der Waals surface area contributed by atoms with Crippen molar-refractivity contribution in [2.24, 2.45) is 10.8 Å². The first-order valence-corrected chi connectivity index (χ1v) is 9.38. The van der Waals surface area contributed by atoms with Crippen LogP contribution < -0.4 is 10.1 Å². The van der Waals surface area contributed by atoms with Gasteiger partial charge in [-0.2, -0.15) is 18.4 Å². The topological polar surface area (TPSA) is 75.0 Å². The molecule has 1 aliphatic rings. The molecule has 1 aromatic carbocycles. The molecule has 0 radical (unpaired) electrons. The molecule has 1 N–H and O–H groups in total. The molecule has 0 unspecified atom stereocenters. The van der Waals surface area contributed by atoms with Gasteiger partial charge in [0.25, 0.3) is 5.91 Å². The van der Waals surface area contributed by atoms with Crippen LogP contribution in [0, 0.1) is 22.2 Å². The maximum Gasteiger partial charge on any atom is 0.417 e. The number of pyridine rings is 1. The number of aromatic nitrogens is 1. The van der Waals surface area contributed by atoms with Gasteiger partial charge in [-0.25, -0.2) is 0 Å². The molecule has 1 amide bonds. The summed E-state index contributed by atoms with van der Waals surface area (Å²) in [5, 5.41) is 12.0. The highest BCUT2D eigenvalue weighted by molar-refractivity contribution is 5.94. The number of carbonyl (C=O) groups excluding carboxylic acids is 1. The minimum Gasteiger partial charge on any atom is -0.489 e. The van der Waals surface area contributed by atoms with Gasteiger partial charge in [0.05, 0.1) is 22.8 Å². The Labute approximate surface area is 172 Å². The van der Waals surface area contributed by atoms with Gasteiger partial charge in [0, 0.05) is 29.3 Å². The number of benzene rings is 1. The van der Waals surface area contributed by atoms with Gasteiger partial charge in [-0.1, -0.05) is 27.7 Å². The zero-order valence-electron chi connectivity index (χ0n) is 17.0. The van der Waals surface area contributed by atoms with Crippen LogP contribution in [0.15, 0.2) is 42.7 Å². The summed E-state index contributed by atoms with van der Waals surface area (Å²) in [6.07, 6.45) is -2.07. The number of halogens is 3. The number of rotatable bonds is 4. The van der Waals surface area contributed by atoms with Gasteiger partial charge in [0.1, 0.15) is 11.9 Å². The third kappa shape index (κ3) is 3.72. The van der Waals surface area contributed by atoms with Gasteiger partial charge in [-0.15, -0.1) is 0 Å². The second-order valence-electron chi connectivity index (χ2n) is 8.61. The molecule has 1 heterocycles. The van der Waals surface area contributed by atoms with E-state index in [0.717, 1.165) is 12.1 Å². The van der Waals surface area contributed by atoms with E-state index in [-0.39, 0.29) is 17.7 Å². The minimum atomic E-state index is -4.66. The lowest BCUT2D eigenvalue weighted by molar-refractivity contribution is -0.164. The second kappa shape index (κ2) is 7.31. The number of hydrogen-bond donors (Lipinski definition) is 1. The van der Waals surface area contributed by atoms with E-state index in [1.165, 1.54) is 12.3 Å². The SMILES string of the molecule is CC1(C)[C@H](NC(=O)c2cccnc2)C(C)(C)[C@H]1Oc1ccc(C#N)c(C(F)(F)F)c1. The van der Waals surface area contributed by atoms with Crippen LogP contribution in [0.1, 0.15) is 49.2 Å². The Balaban J connectivity index is 1.82. The molecule has 158 valence electrons. The average molecular weight is 417 g/mol. The fourth-order valence-corrected chi connectivity index (χ4v) is 4.58. The number of amides is 1. The molecule has 8 heteroatoms. The molecule has 0 bridgehead atoms. The number of hydrogen-bond acceptors (Lipinski definition) is 4. The van der Waals surface area contributed by atoms with Gasteiger partial charge in [-0.05, 0) is 30.3 Å². The fraction of sp³-hybridized carbons (Fsp3) is 0.409. The lowest BCUT2D eigenvalue weighted by Gasteiger charge is -2.63. The van der Waals surface area contributed by atoms with Gasteiger partial charge in [0.15, 0.2) is 0 Å². The van der Waals surface area contributed by atoms with E-state index >= 15 is 0 Å². The highest BCUT2D eigenvalue weighted by Crippen LogP contribution is 2.55. The highest BCUT2D eigenvalue weighted by Gasteiger charge is 2.64. The van der Waals surface area contributed by atoms with Gasteiger partial charge < -0.3 is 10.1 Å². The smallest absolute Gasteiger partial charge is 0.417 e. The van der Waals surface area contributed by atoms with Crippen LogP contribution in [0.5, 0.6) is 5.75 Å². The fourth-order valence-electron chi connectivity index (χ4n) is 4.58. The molecular formula is C22H22F3N3O2. The van der Waals surface area contributed by atoms with Crippen molar-refractivity contribution in [2.75, 3.05) is 0 Å². The van der Waals surface area contributed by atoms with Crippen LogP contribution in [-0.4, -0.2) is 23.0 Å². The molecule has 1 aliphatic carbocycles. The Kier molecular flexibility index (Phi) is 5.27. The number of alkyl halides is 3. The Morgan fingerprint density at radius 3 is 2.40 bits per heavy atom. The van der Waals surface area contributed by atoms with Crippen molar-refractivity contribution in [1.82, 2.24) is 10.3 Å². The van der Waals surface area contributed by atoms with Crippen molar-refractivity contribution >= 4 is 5.91 Å². The number of ether oxygens (including phenoxy) is 1. The van der Waals surface area contributed by atoms with Crippen LogP contribution in [0.4, 0.5) is 13.2 Å². The Hall–Kier alpha value is -3.08. The molecule has 0 spiro atoms. The zero-order valence-corrected chi connectivity index (χ0v) is 17.0. The molecular weight excluding hydrogens is 395 g/mol. The summed E-state index contributed by atoms with van der Waals surface area (Å²) in [4.78, 5) is 16.5. The van der Waals surface area contributed by atoms with Crippen molar-refractivity contribution in [2.45, 2.75) is 46.0 Å². The lowest BCUT2D eigenvalue weighted by atomic mass is 9.49. The lowest BCUT2D eigenvalue weighted by Crippen LogP contribution is -2.74. The van der Waals surface area contributed by atoms with E-state index in [9.17, 15) is 18.0 Å². The summed E-state index contributed by atoms with van der Waals surface area (Å²) in [7, 11) is 0. The van der Waals surface area contributed by atoms with Crippen molar-refractivity contribution in [3.8, 4) is 11.8 Å². The van der Waals surface area contributed by atoms with E-state index < -0.39 is 34.2 Å². The highest BCUT2D eigenvalue weighted by atomic mass is 19.4. The number of nitriles is 1. The van der Waals surface area contributed by atoms with E-state index in [1.807, 2.05) is 27.7 Å². The quantitative estimate of drug-likeness (QED) is 0.790. The number of nitrogens with one attached hydrogen (secondary N) is 1. The van der Waals surface area contributed by atoms with Crippen LogP contribution in [-0.2, 0) is 6.18 Å². The molecule has 3 rings (SSSR count).